The van der Waals surface area contributed by atoms with Crippen LogP contribution in [0.3, 0.4) is 0 Å². The van der Waals surface area contributed by atoms with Gasteiger partial charge in [0.1, 0.15) is 24.0 Å². The Labute approximate surface area is 242 Å². The number of amides is 1. The van der Waals surface area contributed by atoms with Gasteiger partial charge >= 0.3 is 6.18 Å². The van der Waals surface area contributed by atoms with E-state index in [-0.39, 0.29) is 35.9 Å². The van der Waals surface area contributed by atoms with Crippen LogP contribution >= 0.6 is 0 Å². The van der Waals surface area contributed by atoms with Gasteiger partial charge in [-0.25, -0.2) is 13.4 Å². The number of aromatic nitrogens is 4. The fourth-order valence-electron chi connectivity index (χ4n) is 5.48. The summed E-state index contributed by atoms with van der Waals surface area (Å²) < 4.78 is 64.5. The Hall–Kier alpha value is -3.68. The number of rotatable bonds is 10. The van der Waals surface area contributed by atoms with Gasteiger partial charge in [-0.1, -0.05) is 44.2 Å². The van der Waals surface area contributed by atoms with E-state index in [1.807, 2.05) is 0 Å². The number of imidazole rings is 1. The molecule has 5 rings (SSSR count). The first kappa shape index (κ1) is 29.8. The maximum Gasteiger partial charge on any atom is 0.416 e. The van der Waals surface area contributed by atoms with Gasteiger partial charge in [0.05, 0.1) is 17.1 Å². The molecule has 226 valence electrons. The Morgan fingerprint density at radius 1 is 1.07 bits per heavy atom. The predicted octanol–water partition coefficient (Wildman–Crippen LogP) is 4.35. The van der Waals surface area contributed by atoms with Crippen molar-refractivity contribution in [3.8, 4) is 5.82 Å². The highest BCUT2D eigenvalue weighted by molar-refractivity contribution is 7.91. The zero-order valence-electron chi connectivity index (χ0n) is 23.0. The fourth-order valence-corrected chi connectivity index (χ4v) is 7.15. The van der Waals surface area contributed by atoms with Crippen molar-refractivity contribution in [2.45, 2.75) is 69.8 Å². The van der Waals surface area contributed by atoms with Gasteiger partial charge in [0.15, 0.2) is 9.84 Å². The molecule has 1 saturated heterocycles. The quantitative estimate of drug-likeness (QED) is 0.311. The van der Waals surface area contributed by atoms with E-state index in [2.05, 4.69) is 30.9 Å². The molecule has 0 bridgehead atoms. The van der Waals surface area contributed by atoms with E-state index in [1.54, 1.807) is 29.4 Å². The van der Waals surface area contributed by atoms with Crippen LogP contribution in [-0.4, -0.2) is 57.4 Å². The first-order chi connectivity index (χ1) is 20.0. The molecule has 1 saturated carbocycles. The lowest BCUT2D eigenvalue weighted by Crippen LogP contribution is -2.41. The molecule has 3 heterocycles. The number of hydrogen-bond acceptors (Lipinski definition) is 8. The van der Waals surface area contributed by atoms with Crippen molar-refractivity contribution in [3.63, 3.8) is 0 Å². The van der Waals surface area contributed by atoms with Crippen LogP contribution in [0.2, 0.25) is 0 Å². The van der Waals surface area contributed by atoms with E-state index < -0.39 is 27.6 Å². The van der Waals surface area contributed by atoms with Crippen molar-refractivity contribution in [1.82, 2.24) is 24.8 Å². The van der Waals surface area contributed by atoms with Crippen molar-refractivity contribution in [1.29, 1.82) is 0 Å². The first-order valence-corrected chi connectivity index (χ1v) is 15.9. The van der Waals surface area contributed by atoms with Gasteiger partial charge in [-0.15, -0.1) is 0 Å². The van der Waals surface area contributed by atoms with Gasteiger partial charge in [-0.3, -0.25) is 9.36 Å². The Morgan fingerprint density at radius 3 is 2.48 bits per heavy atom. The summed E-state index contributed by atoms with van der Waals surface area (Å²) >= 11 is 0. The number of alkyl halides is 3. The summed E-state index contributed by atoms with van der Waals surface area (Å²) in [4.78, 5) is 26.7. The average molecular weight is 606 g/mol. The number of hydrogen-bond donors (Lipinski definition) is 3. The van der Waals surface area contributed by atoms with Crippen molar-refractivity contribution < 1.29 is 26.4 Å². The molecule has 1 aromatic carbocycles. The third kappa shape index (κ3) is 7.99. The number of nitrogens with one attached hydrogen (secondary N) is 3. The second-order valence-corrected chi connectivity index (χ2v) is 13.2. The number of halogens is 3. The molecule has 3 aromatic rings. The zero-order chi connectivity index (χ0) is 29.7. The lowest BCUT2D eigenvalue weighted by atomic mass is 9.84. The van der Waals surface area contributed by atoms with E-state index >= 15 is 0 Å². The van der Waals surface area contributed by atoms with Gasteiger partial charge in [-0.2, -0.15) is 23.1 Å². The standard InChI is InChI=1S/C28H34F3N7O3S/c29-28(30,31)21-8-6-20(7-9-21)16-33-26(39)23(14-19-4-2-1-3-5-19)35-24-15-25(38-12-11-32-18-38)37-27(36-24)34-22-10-13-42(40,41)17-22/h6-9,11-12,15,18-19,22-23H,1-5,10,13-14,16-17H2,(H,33,39)(H2,34,35,36,37)/t22?,23-/m1/s1. The highest BCUT2D eigenvalue weighted by atomic mass is 32.2. The highest BCUT2D eigenvalue weighted by Crippen LogP contribution is 2.30. The molecule has 0 radical (unpaired) electrons. The van der Waals surface area contributed by atoms with Crippen molar-refractivity contribution in [2.24, 2.45) is 5.92 Å². The van der Waals surface area contributed by atoms with Gasteiger partial charge < -0.3 is 16.0 Å². The Kier molecular flexibility index (Phi) is 8.99. The predicted molar refractivity (Wildman–Crippen MR) is 152 cm³/mol. The molecule has 1 amide bonds. The van der Waals surface area contributed by atoms with Gasteiger partial charge in [0.2, 0.25) is 11.9 Å². The summed E-state index contributed by atoms with van der Waals surface area (Å²) in [5, 5.41) is 9.27. The monoisotopic (exact) mass is 605 g/mol. The SMILES string of the molecule is O=C(NCc1ccc(C(F)(F)F)cc1)[C@@H](CC1CCCCC1)Nc1cc(-n2ccnc2)nc(NC2CCS(=O)(=O)C2)n1. The summed E-state index contributed by atoms with van der Waals surface area (Å²) in [7, 11) is -3.12. The Morgan fingerprint density at radius 2 is 1.83 bits per heavy atom. The van der Waals surface area contributed by atoms with Crippen molar-refractivity contribution >= 4 is 27.5 Å². The normalized spacial score (nSPS) is 19.7. The zero-order valence-corrected chi connectivity index (χ0v) is 23.8. The largest absolute Gasteiger partial charge is 0.416 e. The molecule has 0 spiro atoms. The number of benzene rings is 1. The highest BCUT2D eigenvalue weighted by Gasteiger charge is 2.31. The van der Waals surface area contributed by atoms with Crippen LogP contribution < -0.4 is 16.0 Å². The number of carbonyl (C=O) groups is 1. The number of anilines is 2. The van der Waals surface area contributed by atoms with Crippen molar-refractivity contribution in [3.05, 3.63) is 60.2 Å². The summed E-state index contributed by atoms with van der Waals surface area (Å²) in [5.41, 5.74) is -0.193. The molecule has 1 unspecified atom stereocenters. The molecule has 2 fully saturated rings. The van der Waals surface area contributed by atoms with Crippen LogP contribution in [0.1, 0.15) is 56.1 Å². The van der Waals surface area contributed by atoms with Crippen molar-refractivity contribution in [2.75, 3.05) is 22.1 Å². The summed E-state index contributed by atoms with van der Waals surface area (Å²) in [6.07, 6.45) is 6.86. The summed E-state index contributed by atoms with van der Waals surface area (Å²) in [6.45, 7) is 0.0762. The van der Waals surface area contributed by atoms with Gasteiger partial charge in [-0.05, 0) is 36.5 Å². The minimum Gasteiger partial charge on any atom is -0.358 e. The molecule has 2 aromatic heterocycles. The van der Waals surface area contributed by atoms with E-state index in [4.69, 9.17) is 0 Å². The Bertz CT molecular complexity index is 1460. The minimum atomic E-state index is -4.43. The third-order valence-corrected chi connectivity index (χ3v) is 9.50. The molecule has 2 atom stereocenters. The second kappa shape index (κ2) is 12.7. The third-order valence-electron chi connectivity index (χ3n) is 7.73. The van der Waals surface area contributed by atoms with Gasteiger partial charge in [0.25, 0.3) is 0 Å². The molecular formula is C28H34F3N7O3S. The van der Waals surface area contributed by atoms with Crippen LogP contribution in [-0.2, 0) is 27.4 Å². The molecule has 14 heteroatoms. The topological polar surface area (TPSA) is 131 Å². The lowest BCUT2D eigenvalue weighted by Gasteiger charge is -2.27. The average Bonchev–Trinajstić information content (AvgIpc) is 3.61. The first-order valence-electron chi connectivity index (χ1n) is 14.1. The molecule has 1 aliphatic carbocycles. The molecule has 42 heavy (non-hydrogen) atoms. The molecule has 2 aliphatic rings. The summed E-state index contributed by atoms with van der Waals surface area (Å²) in [6, 6.07) is 5.42. The van der Waals surface area contributed by atoms with E-state index in [0.29, 0.717) is 36.0 Å². The number of sulfone groups is 1. The van der Waals surface area contributed by atoms with Gasteiger partial charge in [0, 0.05) is 31.0 Å². The molecular weight excluding hydrogens is 571 g/mol. The smallest absolute Gasteiger partial charge is 0.358 e. The maximum atomic E-state index is 13.5. The fraction of sp³-hybridized carbons (Fsp3) is 0.500. The molecule has 3 N–H and O–H groups in total. The number of nitrogens with zero attached hydrogens (tertiary/aromatic N) is 4. The Balaban J connectivity index is 1.35. The van der Waals surface area contributed by atoms with Crippen LogP contribution in [0.4, 0.5) is 24.9 Å². The molecule has 1 aliphatic heterocycles. The lowest BCUT2D eigenvalue weighted by molar-refractivity contribution is -0.137. The minimum absolute atomic E-state index is 0.00884. The van der Waals surface area contributed by atoms with Crippen LogP contribution in [0.25, 0.3) is 5.82 Å². The van der Waals surface area contributed by atoms with Crippen LogP contribution in [0, 0.1) is 5.92 Å². The van der Waals surface area contributed by atoms with E-state index in [1.165, 1.54) is 18.6 Å². The maximum absolute atomic E-state index is 13.5. The molecule has 10 nitrogen and oxygen atoms in total. The van der Waals surface area contributed by atoms with Crippen LogP contribution in [0.5, 0.6) is 0 Å². The van der Waals surface area contributed by atoms with E-state index in [9.17, 15) is 26.4 Å². The van der Waals surface area contributed by atoms with Crippen LogP contribution in [0.15, 0.2) is 49.1 Å². The summed E-state index contributed by atoms with van der Waals surface area (Å²) in [5.74, 6) is 1.22. The number of carbonyl (C=O) groups excluding carboxylic acids is 1. The van der Waals surface area contributed by atoms with E-state index in [0.717, 1.165) is 37.8 Å². The second-order valence-electron chi connectivity index (χ2n) is 11.0.